The number of carbonyl (C=O) groups is 1. The maximum atomic E-state index is 13.6. The van der Waals surface area contributed by atoms with Crippen LogP contribution in [0.15, 0.2) is 64.2 Å². The van der Waals surface area contributed by atoms with E-state index in [2.05, 4.69) is 17.1 Å². The van der Waals surface area contributed by atoms with E-state index < -0.39 is 11.2 Å². The van der Waals surface area contributed by atoms with Crippen molar-refractivity contribution >= 4 is 17.4 Å². The number of nitrogen functional groups attached to an aromatic ring is 1. The number of hydrogen-bond acceptors (Lipinski definition) is 6. The number of ether oxygens (including phenoxy) is 1. The average molecular weight is 492 g/mol. The molecule has 1 aliphatic carbocycles. The molecule has 190 valence electrons. The summed E-state index contributed by atoms with van der Waals surface area (Å²) in [5, 5.41) is 0. The van der Waals surface area contributed by atoms with Crippen LogP contribution in [-0.2, 0) is 29.0 Å². The fourth-order valence-corrected chi connectivity index (χ4v) is 4.88. The number of rotatable bonds is 9. The summed E-state index contributed by atoms with van der Waals surface area (Å²) in [6.45, 7) is 0.630. The number of benzene rings is 2. The Morgan fingerprint density at radius 1 is 1.14 bits per heavy atom. The second kappa shape index (κ2) is 11.3. The molecule has 3 N–H and O–H groups in total. The van der Waals surface area contributed by atoms with Gasteiger partial charge in [-0.15, -0.1) is 0 Å². The van der Waals surface area contributed by atoms with E-state index in [1.807, 2.05) is 49.5 Å². The van der Waals surface area contributed by atoms with E-state index in [-0.39, 0.29) is 49.7 Å². The summed E-state index contributed by atoms with van der Waals surface area (Å²) in [6.07, 6.45) is 2.89. The lowest BCUT2D eigenvalue weighted by molar-refractivity contribution is -0.130. The highest BCUT2D eigenvalue weighted by atomic mass is 16.5. The Morgan fingerprint density at radius 2 is 1.86 bits per heavy atom. The summed E-state index contributed by atoms with van der Waals surface area (Å²) in [5.74, 6) is -0.128. The number of aromatic nitrogens is 2. The molecule has 3 aromatic rings. The lowest BCUT2D eigenvalue weighted by atomic mass is 9.87. The molecule has 0 aliphatic heterocycles. The Hall–Kier alpha value is -3.85. The van der Waals surface area contributed by atoms with Crippen molar-refractivity contribution in [3.63, 3.8) is 0 Å². The van der Waals surface area contributed by atoms with E-state index in [9.17, 15) is 14.4 Å². The van der Waals surface area contributed by atoms with Gasteiger partial charge >= 0.3 is 5.69 Å². The van der Waals surface area contributed by atoms with Crippen LogP contribution in [0.25, 0.3) is 0 Å². The van der Waals surface area contributed by atoms with Crippen LogP contribution >= 0.6 is 0 Å². The number of aryl methyl sites for hydroxylation is 1. The minimum absolute atomic E-state index is 0.00944. The molecule has 0 fully saturated rings. The molecular formula is C27H33N5O4. The fraction of sp³-hybridized carbons (Fsp3) is 0.370. The summed E-state index contributed by atoms with van der Waals surface area (Å²) in [6, 6.07) is 17.7. The van der Waals surface area contributed by atoms with Gasteiger partial charge in [0.25, 0.3) is 5.56 Å². The first-order chi connectivity index (χ1) is 17.4. The van der Waals surface area contributed by atoms with Crippen molar-refractivity contribution in [1.29, 1.82) is 0 Å². The topological polar surface area (TPSA) is 114 Å². The van der Waals surface area contributed by atoms with Crippen molar-refractivity contribution in [2.45, 2.75) is 38.4 Å². The molecule has 0 bridgehead atoms. The third-order valence-electron chi connectivity index (χ3n) is 6.79. The lowest BCUT2D eigenvalue weighted by Gasteiger charge is -2.35. The van der Waals surface area contributed by atoms with E-state index in [1.54, 1.807) is 9.80 Å². The fourth-order valence-electron chi connectivity index (χ4n) is 4.88. The first-order valence-corrected chi connectivity index (χ1v) is 12.1. The second-order valence-electron chi connectivity index (χ2n) is 9.09. The summed E-state index contributed by atoms with van der Waals surface area (Å²) in [4.78, 5) is 44.8. The minimum Gasteiger partial charge on any atom is -0.383 e. The Kier molecular flexibility index (Phi) is 7.90. The van der Waals surface area contributed by atoms with Gasteiger partial charge in [0, 0.05) is 20.7 Å². The molecule has 9 nitrogen and oxygen atoms in total. The number of aromatic amines is 1. The number of nitrogens with one attached hydrogen (secondary N) is 1. The zero-order valence-electron chi connectivity index (χ0n) is 20.8. The SMILES string of the molecule is COCCn1c(N)c(N(CC(=O)N(C)[C@H]2CCCc3ccccc32)Cc2ccccc2)c(=O)[nH]c1=O. The minimum atomic E-state index is -0.624. The van der Waals surface area contributed by atoms with Gasteiger partial charge in [-0.1, -0.05) is 54.6 Å². The smallest absolute Gasteiger partial charge is 0.330 e. The van der Waals surface area contributed by atoms with Gasteiger partial charge in [-0.2, -0.15) is 0 Å². The Bertz CT molecular complexity index is 1320. The largest absolute Gasteiger partial charge is 0.383 e. The number of likely N-dealkylation sites (N-methyl/N-ethyl adjacent to an activating group) is 1. The zero-order valence-corrected chi connectivity index (χ0v) is 20.8. The lowest BCUT2D eigenvalue weighted by Crippen LogP contribution is -2.44. The molecule has 36 heavy (non-hydrogen) atoms. The molecule has 9 heteroatoms. The van der Waals surface area contributed by atoms with Crippen LogP contribution in [0.4, 0.5) is 11.5 Å². The molecule has 1 aromatic heterocycles. The molecule has 0 saturated carbocycles. The highest BCUT2D eigenvalue weighted by molar-refractivity contribution is 5.83. The van der Waals surface area contributed by atoms with Gasteiger partial charge in [0.2, 0.25) is 5.91 Å². The van der Waals surface area contributed by atoms with E-state index >= 15 is 0 Å². The summed E-state index contributed by atoms with van der Waals surface area (Å²) in [7, 11) is 3.33. The maximum Gasteiger partial charge on any atom is 0.330 e. The number of carbonyl (C=O) groups excluding carboxylic acids is 1. The van der Waals surface area contributed by atoms with Crippen LogP contribution in [0, 0.1) is 0 Å². The molecular weight excluding hydrogens is 458 g/mol. The van der Waals surface area contributed by atoms with Crippen LogP contribution in [-0.4, -0.2) is 47.7 Å². The Morgan fingerprint density at radius 3 is 2.61 bits per heavy atom. The molecule has 1 aliphatic rings. The quantitative estimate of drug-likeness (QED) is 0.475. The number of methoxy groups -OCH3 is 1. The zero-order chi connectivity index (χ0) is 25.7. The van der Waals surface area contributed by atoms with E-state index in [0.717, 1.165) is 24.8 Å². The number of fused-ring (bicyclic) bond motifs is 1. The summed E-state index contributed by atoms with van der Waals surface area (Å²) < 4.78 is 6.36. The predicted molar refractivity (Wildman–Crippen MR) is 140 cm³/mol. The molecule has 1 amide bonds. The van der Waals surface area contributed by atoms with Gasteiger partial charge in [-0.25, -0.2) is 4.79 Å². The normalized spacial score (nSPS) is 14.8. The molecule has 1 atom stereocenters. The molecule has 0 radical (unpaired) electrons. The van der Waals surface area contributed by atoms with Gasteiger partial charge in [0.15, 0.2) is 0 Å². The molecule has 1 heterocycles. The highest BCUT2D eigenvalue weighted by Crippen LogP contribution is 2.33. The third-order valence-corrected chi connectivity index (χ3v) is 6.79. The predicted octanol–water partition coefficient (Wildman–Crippen LogP) is 2.31. The number of H-pyrrole nitrogens is 1. The monoisotopic (exact) mass is 491 g/mol. The van der Waals surface area contributed by atoms with E-state index in [0.29, 0.717) is 0 Å². The molecule has 4 rings (SSSR count). The Labute approximate surface area is 210 Å². The number of nitrogens with zero attached hydrogens (tertiary/aromatic N) is 3. The average Bonchev–Trinajstić information content (AvgIpc) is 2.88. The number of nitrogens with two attached hydrogens (primary N) is 1. The first kappa shape index (κ1) is 25.2. The molecule has 0 spiro atoms. The van der Waals surface area contributed by atoms with Gasteiger partial charge in [0.05, 0.1) is 25.7 Å². The van der Waals surface area contributed by atoms with Crippen molar-refractivity contribution in [3.05, 3.63) is 92.1 Å². The van der Waals surface area contributed by atoms with Crippen molar-refractivity contribution in [2.24, 2.45) is 0 Å². The van der Waals surface area contributed by atoms with Crippen LogP contribution < -0.4 is 21.9 Å². The molecule has 2 aromatic carbocycles. The molecule has 0 unspecified atom stereocenters. The van der Waals surface area contributed by atoms with Crippen molar-refractivity contribution in [1.82, 2.24) is 14.5 Å². The third kappa shape index (κ3) is 5.36. The Balaban J connectivity index is 1.68. The van der Waals surface area contributed by atoms with Crippen molar-refractivity contribution in [3.8, 4) is 0 Å². The number of hydrogen-bond donors (Lipinski definition) is 2. The first-order valence-electron chi connectivity index (χ1n) is 12.1. The number of anilines is 2. The number of amides is 1. The van der Waals surface area contributed by atoms with E-state index in [4.69, 9.17) is 10.5 Å². The van der Waals surface area contributed by atoms with Crippen LogP contribution in [0.3, 0.4) is 0 Å². The summed E-state index contributed by atoms with van der Waals surface area (Å²) >= 11 is 0. The molecule has 0 saturated heterocycles. The van der Waals surface area contributed by atoms with Crippen LogP contribution in [0.2, 0.25) is 0 Å². The van der Waals surface area contributed by atoms with Gasteiger partial charge in [-0.3, -0.25) is 19.1 Å². The van der Waals surface area contributed by atoms with Gasteiger partial charge in [0.1, 0.15) is 11.5 Å². The van der Waals surface area contributed by atoms with Crippen LogP contribution in [0.1, 0.15) is 35.6 Å². The highest BCUT2D eigenvalue weighted by Gasteiger charge is 2.29. The van der Waals surface area contributed by atoms with Crippen molar-refractivity contribution < 1.29 is 9.53 Å². The van der Waals surface area contributed by atoms with Gasteiger partial charge < -0.3 is 20.3 Å². The second-order valence-corrected chi connectivity index (χ2v) is 9.09. The van der Waals surface area contributed by atoms with E-state index in [1.165, 1.54) is 22.8 Å². The van der Waals surface area contributed by atoms with Crippen molar-refractivity contribution in [2.75, 3.05) is 37.9 Å². The van der Waals surface area contributed by atoms with Crippen LogP contribution in [0.5, 0.6) is 0 Å². The van der Waals surface area contributed by atoms with Gasteiger partial charge in [-0.05, 0) is 36.0 Å². The standard InChI is InChI=1S/C27H33N5O4/c1-30(22-14-8-12-20-11-6-7-13-21(20)22)23(33)18-31(17-19-9-4-3-5-10-19)24-25(28)32(15-16-36-2)27(35)29-26(24)34/h3-7,9-11,13,22H,8,12,14-18,28H2,1-2H3,(H,29,34,35)/t22-/m0/s1. The maximum absolute atomic E-state index is 13.6. The summed E-state index contributed by atoms with van der Waals surface area (Å²) in [5.41, 5.74) is 8.56.